The Hall–Kier alpha value is -6.00. The van der Waals surface area contributed by atoms with E-state index in [4.69, 9.17) is 15.0 Å². The van der Waals surface area contributed by atoms with Gasteiger partial charge in [0.25, 0.3) is 0 Å². The number of rotatable bonds is 6. The maximum atomic E-state index is 4.84. The van der Waals surface area contributed by atoms with Gasteiger partial charge in [-0.15, -0.1) is 34.0 Å². The first-order valence-corrected chi connectivity index (χ1v) is 20.0. The summed E-state index contributed by atoms with van der Waals surface area (Å²) in [6, 6.07) is 45.4. The van der Waals surface area contributed by atoms with Gasteiger partial charge in [-0.25, -0.2) is 29.9 Å². The SMILES string of the molecule is Cc1ccc2sc(-c3ccc(-c4cc(-c5ccc(-c6nc7nc(C)ccc7s6)cc5)cc(-c5ccc(-c6nc7nc(C)ccc7s6)cc5)c4)cc3)nc2n1. The highest BCUT2D eigenvalue weighted by molar-refractivity contribution is 7.22. The Balaban J connectivity index is 1.02. The molecule has 0 fully saturated rings. The number of hydrogen-bond donors (Lipinski definition) is 0. The molecule has 6 aromatic heterocycles. The highest BCUT2D eigenvalue weighted by Gasteiger charge is 2.14. The molecule has 0 radical (unpaired) electrons. The zero-order valence-electron chi connectivity index (χ0n) is 29.5. The molecule has 4 aromatic carbocycles. The molecule has 6 heterocycles. The zero-order chi connectivity index (χ0) is 36.3. The summed E-state index contributed by atoms with van der Waals surface area (Å²) in [5, 5.41) is 2.92. The second-order valence-electron chi connectivity index (χ2n) is 13.4. The molecule has 0 aliphatic rings. The number of aromatic nitrogens is 6. The molecule has 10 rings (SSSR count). The van der Waals surface area contributed by atoms with Crippen molar-refractivity contribution in [1.82, 2.24) is 29.9 Å². The van der Waals surface area contributed by atoms with E-state index in [0.717, 1.165) is 113 Å². The summed E-state index contributed by atoms with van der Waals surface area (Å²) in [6.45, 7) is 6.00. The number of pyridine rings is 3. The lowest BCUT2D eigenvalue weighted by atomic mass is 9.92. The Morgan fingerprint density at radius 2 is 0.537 bits per heavy atom. The van der Waals surface area contributed by atoms with Gasteiger partial charge in [-0.05, 0) is 109 Å². The van der Waals surface area contributed by atoms with Gasteiger partial charge >= 0.3 is 0 Å². The molecule has 0 unspecified atom stereocenters. The molecule has 0 amide bonds. The minimum Gasteiger partial charge on any atom is -0.233 e. The molecular formula is C45H30N6S3. The van der Waals surface area contributed by atoms with Gasteiger partial charge in [-0.3, -0.25) is 0 Å². The largest absolute Gasteiger partial charge is 0.233 e. The van der Waals surface area contributed by atoms with Crippen LogP contribution in [0.4, 0.5) is 0 Å². The summed E-state index contributed by atoms with van der Waals surface area (Å²) in [6.07, 6.45) is 0. The topological polar surface area (TPSA) is 77.3 Å². The van der Waals surface area contributed by atoms with Crippen LogP contribution in [0, 0.1) is 20.8 Å². The van der Waals surface area contributed by atoms with Gasteiger partial charge in [-0.1, -0.05) is 72.8 Å². The van der Waals surface area contributed by atoms with Crippen molar-refractivity contribution >= 4 is 65.1 Å². The first-order chi connectivity index (χ1) is 26.4. The van der Waals surface area contributed by atoms with Crippen LogP contribution in [0.15, 0.2) is 127 Å². The summed E-state index contributed by atoms with van der Waals surface area (Å²) in [7, 11) is 0. The third kappa shape index (κ3) is 6.16. The van der Waals surface area contributed by atoms with Gasteiger partial charge in [0.2, 0.25) is 0 Å². The number of hydrogen-bond acceptors (Lipinski definition) is 9. The third-order valence-corrected chi connectivity index (χ3v) is 12.7. The van der Waals surface area contributed by atoms with Crippen molar-refractivity contribution in [3.8, 4) is 65.1 Å². The molecular weight excluding hydrogens is 721 g/mol. The Labute approximate surface area is 323 Å². The second kappa shape index (κ2) is 13.1. The average Bonchev–Trinajstić information content (AvgIpc) is 3.94. The highest BCUT2D eigenvalue weighted by atomic mass is 32.1. The minimum absolute atomic E-state index is 0.804. The molecule has 0 atom stereocenters. The summed E-state index contributed by atoms with van der Waals surface area (Å²) in [4.78, 5) is 28.4. The monoisotopic (exact) mass is 750 g/mol. The van der Waals surface area contributed by atoms with Crippen LogP contribution in [-0.4, -0.2) is 29.9 Å². The number of benzene rings is 4. The van der Waals surface area contributed by atoms with Crippen molar-refractivity contribution in [2.45, 2.75) is 20.8 Å². The number of aryl methyl sites for hydroxylation is 3. The van der Waals surface area contributed by atoms with Crippen molar-refractivity contribution in [3.63, 3.8) is 0 Å². The molecule has 258 valence electrons. The maximum absolute atomic E-state index is 4.84. The molecule has 0 saturated heterocycles. The predicted molar refractivity (Wildman–Crippen MR) is 226 cm³/mol. The normalized spacial score (nSPS) is 11.6. The van der Waals surface area contributed by atoms with Gasteiger partial charge in [0, 0.05) is 33.8 Å². The van der Waals surface area contributed by atoms with E-state index in [-0.39, 0.29) is 0 Å². The lowest BCUT2D eigenvalue weighted by molar-refractivity contribution is 1.22. The molecule has 0 spiro atoms. The molecule has 6 nitrogen and oxygen atoms in total. The third-order valence-electron chi connectivity index (χ3n) is 9.51. The Kier molecular flexibility index (Phi) is 7.94. The van der Waals surface area contributed by atoms with Gasteiger partial charge < -0.3 is 0 Å². The highest BCUT2D eigenvalue weighted by Crippen LogP contribution is 2.38. The number of nitrogens with zero attached hydrogens (tertiary/aromatic N) is 6. The van der Waals surface area contributed by atoms with Crippen molar-refractivity contribution in [2.24, 2.45) is 0 Å². The summed E-state index contributed by atoms with van der Waals surface area (Å²) < 4.78 is 3.29. The Morgan fingerprint density at radius 3 is 0.815 bits per heavy atom. The van der Waals surface area contributed by atoms with Crippen LogP contribution in [0.3, 0.4) is 0 Å². The standard InChI is InChI=1S/C45H30N6S3/c1-25-4-19-37-40(46-25)49-43(52-37)31-13-7-28(8-14-31)34-22-35(29-9-15-32(16-10-29)44-50-41-38(53-44)20-5-26(2)47-41)24-36(23-34)30-11-17-33(18-12-30)45-51-42-39(54-45)21-6-27(3)48-42/h4-24H,1-3H3. The number of fused-ring (bicyclic) bond motifs is 3. The van der Waals surface area contributed by atoms with Crippen molar-refractivity contribution < 1.29 is 0 Å². The van der Waals surface area contributed by atoms with E-state index in [1.165, 1.54) is 0 Å². The van der Waals surface area contributed by atoms with Crippen molar-refractivity contribution in [1.29, 1.82) is 0 Å². The van der Waals surface area contributed by atoms with Crippen molar-refractivity contribution in [2.75, 3.05) is 0 Å². The molecule has 0 aliphatic heterocycles. The maximum Gasteiger partial charge on any atom is 0.171 e. The fourth-order valence-electron chi connectivity index (χ4n) is 6.65. The van der Waals surface area contributed by atoms with Crippen LogP contribution in [0.5, 0.6) is 0 Å². The lowest BCUT2D eigenvalue weighted by Crippen LogP contribution is -1.88. The van der Waals surface area contributed by atoms with Gasteiger partial charge in [-0.2, -0.15) is 0 Å². The van der Waals surface area contributed by atoms with E-state index in [2.05, 4.69) is 124 Å². The van der Waals surface area contributed by atoms with Crippen LogP contribution >= 0.6 is 34.0 Å². The summed E-state index contributed by atoms with van der Waals surface area (Å²) >= 11 is 5.02. The van der Waals surface area contributed by atoms with E-state index in [0.29, 0.717) is 0 Å². The summed E-state index contributed by atoms with van der Waals surface area (Å²) in [5.41, 5.74) is 15.4. The van der Waals surface area contributed by atoms with E-state index in [9.17, 15) is 0 Å². The second-order valence-corrected chi connectivity index (χ2v) is 16.5. The first-order valence-electron chi connectivity index (χ1n) is 17.6. The van der Waals surface area contributed by atoms with E-state index < -0.39 is 0 Å². The zero-order valence-corrected chi connectivity index (χ0v) is 32.0. The van der Waals surface area contributed by atoms with Gasteiger partial charge in [0.1, 0.15) is 15.0 Å². The van der Waals surface area contributed by atoms with Crippen LogP contribution in [-0.2, 0) is 0 Å². The van der Waals surface area contributed by atoms with Crippen LogP contribution < -0.4 is 0 Å². The average molecular weight is 751 g/mol. The van der Waals surface area contributed by atoms with E-state index in [1.54, 1.807) is 34.0 Å². The van der Waals surface area contributed by atoms with E-state index >= 15 is 0 Å². The van der Waals surface area contributed by atoms with Gasteiger partial charge in [0.05, 0.1) is 14.1 Å². The Morgan fingerprint density at radius 1 is 0.278 bits per heavy atom. The first kappa shape index (κ1) is 32.6. The molecule has 0 aliphatic carbocycles. The molecule has 54 heavy (non-hydrogen) atoms. The Bertz CT molecular complexity index is 2670. The smallest absolute Gasteiger partial charge is 0.171 e. The summed E-state index contributed by atoms with van der Waals surface area (Å²) in [5.74, 6) is 0. The molecule has 9 heteroatoms. The number of thiazole rings is 3. The van der Waals surface area contributed by atoms with Gasteiger partial charge in [0.15, 0.2) is 16.9 Å². The molecule has 0 N–H and O–H groups in total. The van der Waals surface area contributed by atoms with Crippen LogP contribution in [0.1, 0.15) is 17.1 Å². The lowest BCUT2D eigenvalue weighted by Gasteiger charge is -2.12. The molecule has 10 aromatic rings. The van der Waals surface area contributed by atoms with Crippen LogP contribution in [0.25, 0.3) is 96.1 Å². The quantitative estimate of drug-likeness (QED) is 0.168. The predicted octanol–water partition coefficient (Wildman–Crippen LogP) is 12.6. The minimum atomic E-state index is 0.804. The fourth-order valence-corrected chi connectivity index (χ4v) is 9.39. The fraction of sp³-hybridized carbons (Fsp3) is 0.0667. The molecule has 0 saturated carbocycles. The van der Waals surface area contributed by atoms with E-state index in [1.807, 2.05) is 39.0 Å². The molecule has 0 bridgehead atoms. The van der Waals surface area contributed by atoms with Crippen molar-refractivity contribution in [3.05, 3.63) is 144 Å². The van der Waals surface area contributed by atoms with Crippen LogP contribution in [0.2, 0.25) is 0 Å².